The molecule has 2 fully saturated rings. The molecule has 2 aromatic rings. The number of hydrogen-bond donors (Lipinski definition) is 2. The second kappa shape index (κ2) is 7.56. The summed E-state index contributed by atoms with van der Waals surface area (Å²) in [5, 5.41) is 7.25. The molecule has 148 valence electrons. The predicted molar refractivity (Wildman–Crippen MR) is 101 cm³/mol. The molecule has 8 nitrogen and oxygen atoms in total. The van der Waals surface area contributed by atoms with Crippen molar-refractivity contribution in [2.75, 3.05) is 6.61 Å². The molecule has 2 saturated carbocycles. The van der Waals surface area contributed by atoms with E-state index in [9.17, 15) is 9.59 Å². The fourth-order valence-corrected chi connectivity index (χ4v) is 5.55. The van der Waals surface area contributed by atoms with Gasteiger partial charge in [-0.25, -0.2) is 4.98 Å². The number of nitrogens with one attached hydrogen (secondary N) is 1. The predicted octanol–water partition coefficient (Wildman–Crippen LogP) is 1.54. The van der Waals surface area contributed by atoms with Crippen molar-refractivity contribution in [1.82, 2.24) is 15.2 Å². The van der Waals surface area contributed by atoms with Crippen LogP contribution in [0.2, 0.25) is 0 Å². The van der Waals surface area contributed by atoms with Gasteiger partial charge in [-0.05, 0) is 24.8 Å². The summed E-state index contributed by atoms with van der Waals surface area (Å²) in [6, 6.07) is 9.43. The van der Waals surface area contributed by atoms with Gasteiger partial charge in [-0.3, -0.25) is 14.7 Å². The van der Waals surface area contributed by atoms with Crippen molar-refractivity contribution in [2.24, 2.45) is 23.5 Å². The van der Waals surface area contributed by atoms with Crippen LogP contribution in [0, 0.1) is 17.8 Å². The van der Waals surface area contributed by atoms with Crippen LogP contribution in [0.1, 0.15) is 18.9 Å². The van der Waals surface area contributed by atoms with E-state index in [1.807, 2.05) is 30.3 Å². The first-order chi connectivity index (χ1) is 13.5. The van der Waals surface area contributed by atoms with E-state index in [0.717, 1.165) is 5.56 Å². The lowest BCUT2D eigenvalue weighted by molar-refractivity contribution is -0.153. The summed E-state index contributed by atoms with van der Waals surface area (Å²) in [5.74, 6) is -1.48. The molecule has 0 bridgehead atoms. The van der Waals surface area contributed by atoms with Crippen molar-refractivity contribution in [3.05, 3.63) is 42.2 Å². The molecule has 0 saturated heterocycles. The van der Waals surface area contributed by atoms with Gasteiger partial charge < -0.3 is 15.2 Å². The maximum atomic E-state index is 12.9. The van der Waals surface area contributed by atoms with E-state index in [-0.39, 0.29) is 35.6 Å². The highest BCUT2D eigenvalue weighted by atomic mass is 32.2. The van der Waals surface area contributed by atoms with E-state index < -0.39 is 11.5 Å². The number of fused-ring (bicyclic) bond motifs is 1. The Morgan fingerprint density at radius 3 is 2.79 bits per heavy atom. The topological polar surface area (TPSA) is 120 Å². The Hall–Kier alpha value is -2.39. The quantitative estimate of drug-likeness (QED) is 0.669. The van der Waals surface area contributed by atoms with Gasteiger partial charge in [0.15, 0.2) is 5.16 Å². The van der Waals surface area contributed by atoms with Gasteiger partial charge in [0.1, 0.15) is 18.5 Å². The van der Waals surface area contributed by atoms with E-state index in [0.29, 0.717) is 18.2 Å². The number of carbonyl (C=O) groups is 2. The van der Waals surface area contributed by atoms with Crippen molar-refractivity contribution in [2.45, 2.75) is 35.9 Å². The zero-order valence-electron chi connectivity index (χ0n) is 15.4. The first-order valence-corrected chi connectivity index (χ1v) is 10.1. The number of aromatic nitrogens is 3. The van der Waals surface area contributed by atoms with E-state index >= 15 is 0 Å². The summed E-state index contributed by atoms with van der Waals surface area (Å²) in [4.78, 5) is 29.4. The highest BCUT2D eigenvalue weighted by molar-refractivity contribution is 7.99. The van der Waals surface area contributed by atoms with Crippen LogP contribution < -0.4 is 5.73 Å². The number of carbonyl (C=O) groups excluding carboxylic acids is 2. The fourth-order valence-electron chi connectivity index (χ4n) is 4.20. The first kappa shape index (κ1) is 18.9. The number of aromatic amines is 1. The molecular formula is C19H22N4O4S. The van der Waals surface area contributed by atoms with Gasteiger partial charge in [0, 0.05) is 11.2 Å². The lowest BCUT2D eigenvalue weighted by atomic mass is 9.91. The average Bonchev–Trinajstić information content (AvgIpc) is 3.13. The van der Waals surface area contributed by atoms with Gasteiger partial charge in [0.05, 0.1) is 12.5 Å². The normalized spacial score (nSPS) is 30.5. The third-order valence-electron chi connectivity index (χ3n) is 5.45. The summed E-state index contributed by atoms with van der Waals surface area (Å²) in [6.07, 6.45) is 1.84. The Balaban J connectivity index is 1.49. The summed E-state index contributed by atoms with van der Waals surface area (Å²) in [6.45, 7) is 2.21. The molecule has 0 unspecified atom stereocenters. The second-order valence-corrected chi connectivity index (χ2v) is 8.36. The van der Waals surface area contributed by atoms with Gasteiger partial charge in [-0.1, -0.05) is 42.1 Å². The van der Waals surface area contributed by atoms with Crippen molar-refractivity contribution in [3.63, 3.8) is 0 Å². The molecule has 0 aliphatic heterocycles. The van der Waals surface area contributed by atoms with Crippen LogP contribution in [0.4, 0.5) is 0 Å². The number of esters is 2. The zero-order chi connectivity index (χ0) is 19.7. The van der Waals surface area contributed by atoms with Gasteiger partial charge in [-0.2, -0.15) is 5.10 Å². The largest absolute Gasteiger partial charge is 0.466 e. The molecule has 1 aromatic carbocycles. The molecule has 4 rings (SSSR count). The van der Waals surface area contributed by atoms with Crippen molar-refractivity contribution < 1.29 is 19.1 Å². The van der Waals surface area contributed by atoms with Crippen LogP contribution in [0.3, 0.4) is 0 Å². The first-order valence-electron chi connectivity index (χ1n) is 9.23. The minimum absolute atomic E-state index is 0.0385. The van der Waals surface area contributed by atoms with Crippen molar-refractivity contribution >= 4 is 23.7 Å². The molecule has 0 spiro atoms. The molecule has 1 heterocycles. The van der Waals surface area contributed by atoms with E-state index in [2.05, 4.69) is 15.2 Å². The average molecular weight is 402 g/mol. The number of nitrogens with two attached hydrogens (primary N) is 1. The summed E-state index contributed by atoms with van der Waals surface area (Å²) in [5.41, 5.74) is 6.23. The van der Waals surface area contributed by atoms with Gasteiger partial charge >= 0.3 is 11.9 Å². The Labute approximate surface area is 166 Å². The highest BCUT2D eigenvalue weighted by Gasteiger charge is 2.74. The Bertz CT molecular complexity index is 847. The molecule has 0 radical (unpaired) electrons. The lowest BCUT2D eigenvalue weighted by Gasteiger charge is -2.27. The smallest absolute Gasteiger partial charge is 0.326 e. The van der Waals surface area contributed by atoms with E-state index in [1.165, 1.54) is 18.1 Å². The number of nitrogens with zero attached hydrogens (tertiary/aromatic N) is 2. The molecule has 0 amide bonds. The highest BCUT2D eigenvalue weighted by Crippen LogP contribution is 2.65. The number of thioether (sulfide) groups is 1. The van der Waals surface area contributed by atoms with Crippen LogP contribution >= 0.6 is 11.8 Å². The number of benzene rings is 1. The molecule has 1 aromatic heterocycles. The second-order valence-electron chi connectivity index (χ2n) is 7.13. The number of H-pyrrole nitrogens is 1. The maximum absolute atomic E-state index is 12.9. The summed E-state index contributed by atoms with van der Waals surface area (Å²) in [7, 11) is 0. The molecule has 28 heavy (non-hydrogen) atoms. The van der Waals surface area contributed by atoms with Crippen LogP contribution in [-0.4, -0.2) is 44.5 Å². The molecule has 2 aliphatic carbocycles. The zero-order valence-corrected chi connectivity index (χ0v) is 16.2. The minimum Gasteiger partial charge on any atom is -0.466 e. The molecule has 5 atom stereocenters. The maximum Gasteiger partial charge on any atom is 0.326 e. The van der Waals surface area contributed by atoms with Crippen LogP contribution in [0.25, 0.3) is 0 Å². The van der Waals surface area contributed by atoms with Gasteiger partial charge in [0.25, 0.3) is 0 Å². The Morgan fingerprint density at radius 2 is 2.11 bits per heavy atom. The van der Waals surface area contributed by atoms with Crippen LogP contribution in [0.15, 0.2) is 41.8 Å². The Morgan fingerprint density at radius 1 is 1.32 bits per heavy atom. The van der Waals surface area contributed by atoms with Crippen molar-refractivity contribution in [3.8, 4) is 0 Å². The number of rotatable bonds is 7. The van der Waals surface area contributed by atoms with Gasteiger partial charge in [-0.15, -0.1) is 0 Å². The summed E-state index contributed by atoms with van der Waals surface area (Å²) < 4.78 is 10.7. The van der Waals surface area contributed by atoms with Gasteiger partial charge in [0.2, 0.25) is 0 Å². The minimum atomic E-state index is -1.21. The summed E-state index contributed by atoms with van der Waals surface area (Å²) >= 11 is 1.46. The fraction of sp³-hybridized carbons (Fsp3) is 0.474. The number of hydrogen-bond acceptors (Lipinski definition) is 8. The lowest BCUT2D eigenvalue weighted by Crippen LogP contribution is -2.51. The molecule has 3 N–H and O–H groups in total. The molecular weight excluding hydrogens is 380 g/mol. The third kappa shape index (κ3) is 3.40. The third-order valence-corrected chi connectivity index (χ3v) is 6.65. The number of ether oxygens (including phenoxy) is 2. The standard InChI is InChI=1S/C19H22N4O4S/c1-2-26-16(24)14-13-12(28-18-21-10-22-23-18)8-19(20,15(13)14)17(25)27-9-11-6-4-3-5-7-11/h3-7,10,12-15H,2,8-9,20H2,1H3,(H,21,22,23)/t12-,13-,14-,15-,19-/m0/s1. The monoisotopic (exact) mass is 402 g/mol. The van der Waals surface area contributed by atoms with Crippen molar-refractivity contribution in [1.29, 1.82) is 0 Å². The van der Waals surface area contributed by atoms with E-state index in [1.54, 1.807) is 6.92 Å². The van der Waals surface area contributed by atoms with Crippen LogP contribution in [0.5, 0.6) is 0 Å². The van der Waals surface area contributed by atoms with Crippen LogP contribution in [-0.2, 0) is 25.7 Å². The Kier molecular flexibility index (Phi) is 5.11. The SMILES string of the molecule is CCOC(=O)[C@H]1[C@H]2[C@@H]1[C@](N)(C(=O)OCc1ccccc1)C[C@@H]2Sc1ncn[nH]1. The van der Waals surface area contributed by atoms with E-state index in [4.69, 9.17) is 15.2 Å². The molecule has 9 heteroatoms. The molecule has 2 aliphatic rings.